The smallest absolute Gasteiger partial charge is 0.338 e. The predicted octanol–water partition coefficient (Wildman–Crippen LogP) is 3.58. The van der Waals surface area contributed by atoms with E-state index >= 15 is 0 Å². The van der Waals surface area contributed by atoms with Crippen molar-refractivity contribution in [2.45, 2.75) is 26.3 Å². The van der Waals surface area contributed by atoms with Crippen molar-refractivity contribution in [3.63, 3.8) is 0 Å². The number of rotatable bonds is 9. The lowest BCUT2D eigenvalue weighted by molar-refractivity contribution is -0.140. The molecule has 0 aromatic heterocycles. The van der Waals surface area contributed by atoms with Crippen LogP contribution in [0.5, 0.6) is 0 Å². The van der Waals surface area contributed by atoms with Crippen LogP contribution in [0.15, 0.2) is 65.9 Å². The van der Waals surface area contributed by atoms with Crippen LogP contribution in [0.25, 0.3) is 0 Å². The second-order valence-electron chi connectivity index (χ2n) is 7.59. The van der Waals surface area contributed by atoms with Gasteiger partial charge in [-0.2, -0.15) is 0 Å². The predicted molar refractivity (Wildman–Crippen MR) is 132 cm³/mol. The molecule has 1 heterocycles. The molecule has 1 unspecified atom stereocenters. The molecule has 33 heavy (non-hydrogen) atoms. The minimum Gasteiger partial charge on any atom is -0.460 e. The number of hydrogen-bond acceptors (Lipinski definition) is 5. The summed E-state index contributed by atoms with van der Waals surface area (Å²) in [6.45, 7) is 4.96. The van der Waals surface area contributed by atoms with Crippen molar-refractivity contribution in [3.8, 4) is 0 Å². The van der Waals surface area contributed by atoms with Gasteiger partial charge in [0.2, 0.25) is 5.91 Å². The van der Waals surface area contributed by atoms with Crippen LogP contribution in [0.2, 0.25) is 0 Å². The third-order valence-electron chi connectivity index (χ3n) is 5.39. The summed E-state index contributed by atoms with van der Waals surface area (Å²) < 4.78 is 10.4. The van der Waals surface area contributed by atoms with Gasteiger partial charge in [0.15, 0.2) is 5.11 Å². The van der Waals surface area contributed by atoms with Gasteiger partial charge in [-0.15, -0.1) is 0 Å². The quantitative estimate of drug-likeness (QED) is 0.331. The summed E-state index contributed by atoms with van der Waals surface area (Å²) in [5.74, 6) is -0.508. The van der Waals surface area contributed by atoms with Crippen molar-refractivity contribution in [1.29, 1.82) is 0 Å². The highest BCUT2D eigenvalue weighted by molar-refractivity contribution is 7.80. The van der Waals surface area contributed by atoms with E-state index < -0.39 is 12.0 Å². The second kappa shape index (κ2) is 11.6. The van der Waals surface area contributed by atoms with Gasteiger partial charge in [0, 0.05) is 25.0 Å². The molecule has 0 bridgehead atoms. The number of nitrogens with zero attached hydrogens (tertiary/aromatic N) is 1. The van der Waals surface area contributed by atoms with Crippen molar-refractivity contribution in [3.05, 3.63) is 77.0 Å². The van der Waals surface area contributed by atoms with Crippen LogP contribution in [0.3, 0.4) is 0 Å². The molecule has 0 saturated heterocycles. The zero-order chi connectivity index (χ0) is 23.8. The number of anilines is 1. The second-order valence-corrected chi connectivity index (χ2v) is 7.97. The van der Waals surface area contributed by atoms with Crippen LogP contribution in [-0.2, 0) is 25.5 Å². The summed E-state index contributed by atoms with van der Waals surface area (Å²) in [5.41, 5.74) is 3.73. The molecule has 0 radical (unpaired) electrons. The van der Waals surface area contributed by atoms with E-state index in [2.05, 4.69) is 10.6 Å². The fraction of sp³-hybridized carbons (Fsp3) is 0.320. The first-order valence-electron chi connectivity index (χ1n) is 10.8. The number of carbonyl (C=O) groups is 2. The minimum absolute atomic E-state index is 0.0948. The summed E-state index contributed by atoms with van der Waals surface area (Å²) in [6.07, 6.45) is 0.299. The largest absolute Gasteiger partial charge is 0.460 e. The SMILES string of the molecule is CCN1C(=S)NC(c2ccc(NC(=O)Cc3ccccc3)cc2)C(C(=O)OCCOC)=C1C. The number of hydrogen-bond donors (Lipinski definition) is 2. The van der Waals surface area contributed by atoms with Crippen LogP contribution in [0.1, 0.15) is 31.0 Å². The number of nitrogens with one attached hydrogen (secondary N) is 2. The molecule has 8 heteroatoms. The maximum Gasteiger partial charge on any atom is 0.338 e. The summed E-state index contributed by atoms with van der Waals surface area (Å²) in [6, 6.07) is 16.5. The first kappa shape index (κ1) is 24.4. The van der Waals surface area contributed by atoms with Gasteiger partial charge in [-0.25, -0.2) is 4.79 Å². The van der Waals surface area contributed by atoms with E-state index in [0.717, 1.165) is 16.8 Å². The van der Waals surface area contributed by atoms with E-state index in [0.29, 0.717) is 35.9 Å². The first-order chi connectivity index (χ1) is 15.9. The summed E-state index contributed by atoms with van der Waals surface area (Å²) in [4.78, 5) is 27.2. The Morgan fingerprint density at radius 1 is 1.09 bits per heavy atom. The molecule has 3 rings (SSSR count). The number of thiocarbonyl (C=S) groups is 1. The zero-order valence-corrected chi connectivity index (χ0v) is 19.9. The molecule has 2 aromatic carbocycles. The zero-order valence-electron chi connectivity index (χ0n) is 19.1. The Balaban J connectivity index is 1.78. The lowest BCUT2D eigenvalue weighted by atomic mass is 9.95. The summed E-state index contributed by atoms with van der Waals surface area (Å²) >= 11 is 5.52. The Morgan fingerprint density at radius 2 is 1.79 bits per heavy atom. The molecule has 0 aliphatic carbocycles. The standard InChI is InChI=1S/C25H29N3O4S/c1-4-28-17(2)22(24(30)32-15-14-31-3)23(27-25(28)33)19-10-12-20(13-11-19)26-21(29)16-18-8-6-5-7-9-18/h5-13,23H,4,14-16H2,1-3H3,(H,26,29)(H,27,33). The molecule has 7 nitrogen and oxygen atoms in total. The molecule has 2 aromatic rings. The minimum atomic E-state index is -0.454. The van der Waals surface area contributed by atoms with Gasteiger partial charge in [0.1, 0.15) is 6.61 Å². The monoisotopic (exact) mass is 467 g/mol. The molecule has 0 saturated carbocycles. The number of amides is 1. The maximum absolute atomic E-state index is 12.9. The topological polar surface area (TPSA) is 79.9 Å². The Bertz CT molecular complexity index is 1020. The Labute approximate surface area is 199 Å². The van der Waals surface area contributed by atoms with Gasteiger partial charge in [0.25, 0.3) is 0 Å². The van der Waals surface area contributed by atoms with Crippen molar-refractivity contribution >= 4 is 34.9 Å². The highest BCUT2D eigenvalue weighted by Gasteiger charge is 2.34. The van der Waals surface area contributed by atoms with Crippen LogP contribution in [0.4, 0.5) is 5.69 Å². The normalized spacial score (nSPS) is 15.8. The van der Waals surface area contributed by atoms with Crippen LogP contribution >= 0.6 is 12.2 Å². The molecule has 1 amide bonds. The molecular formula is C25H29N3O4S. The fourth-order valence-corrected chi connectivity index (χ4v) is 4.10. The Hall–Kier alpha value is -3.23. The van der Waals surface area contributed by atoms with E-state index in [-0.39, 0.29) is 12.5 Å². The van der Waals surface area contributed by atoms with Crippen molar-refractivity contribution in [1.82, 2.24) is 10.2 Å². The van der Waals surface area contributed by atoms with Gasteiger partial charge in [-0.1, -0.05) is 42.5 Å². The van der Waals surface area contributed by atoms with Gasteiger partial charge in [-0.3, -0.25) is 4.79 Å². The number of benzene rings is 2. The average molecular weight is 468 g/mol. The van der Waals surface area contributed by atoms with Crippen molar-refractivity contribution in [2.24, 2.45) is 0 Å². The van der Waals surface area contributed by atoms with Crippen molar-refractivity contribution in [2.75, 3.05) is 32.2 Å². The molecular weight excluding hydrogens is 438 g/mol. The lowest BCUT2D eigenvalue weighted by Crippen LogP contribution is -2.47. The number of methoxy groups -OCH3 is 1. The summed E-state index contributed by atoms with van der Waals surface area (Å²) in [7, 11) is 1.56. The number of esters is 1. The fourth-order valence-electron chi connectivity index (χ4n) is 3.72. The maximum atomic E-state index is 12.9. The molecule has 174 valence electrons. The molecule has 1 aliphatic heterocycles. The van der Waals surface area contributed by atoms with Crippen LogP contribution < -0.4 is 10.6 Å². The lowest BCUT2D eigenvalue weighted by Gasteiger charge is -2.37. The van der Waals surface area contributed by atoms with Crippen LogP contribution in [-0.4, -0.2) is 48.8 Å². The van der Waals surface area contributed by atoms with Gasteiger partial charge in [0.05, 0.1) is 24.6 Å². The summed E-state index contributed by atoms with van der Waals surface area (Å²) in [5, 5.41) is 6.72. The molecule has 0 spiro atoms. The Morgan fingerprint density at radius 3 is 2.42 bits per heavy atom. The van der Waals surface area contributed by atoms with E-state index in [4.69, 9.17) is 21.7 Å². The van der Waals surface area contributed by atoms with Crippen LogP contribution in [0, 0.1) is 0 Å². The third-order valence-corrected chi connectivity index (χ3v) is 5.73. The number of carbonyl (C=O) groups excluding carboxylic acids is 2. The van der Waals surface area contributed by atoms with E-state index in [1.165, 1.54) is 0 Å². The highest BCUT2D eigenvalue weighted by atomic mass is 32.1. The number of allylic oxidation sites excluding steroid dienone is 1. The molecule has 1 atom stereocenters. The first-order valence-corrected chi connectivity index (χ1v) is 11.2. The van der Waals surface area contributed by atoms with Gasteiger partial charge >= 0.3 is 5.97 Å². The van der Waals surface area contributed by atoms with E-state index in [1.54, 1.807) is 7.11 Å². The van der Waals surface area contributed by atoms with Gasteiger partial charge < -0.3 is 25.0 Å². The average Bonchev–Trinajstić information content (AvgIpc) is 2.80. The van der Waals surface area contributed by atoms with E-state index in [9.17, 15) is 9.59 Å². The number of ether oxygens (including phenoxy) is 2. The third kappa shape index (κ3) is 6.18. The molecule has 2 N–H and O–H groups in total. The van der Waals surface area contributed by atoms with Crippen molar-refractivity contribution < 1.29 is 19.1 Å². The van der Waals surface area contributed by atoms with Gasteiger partial charge in [-0.05, 0) is 49.3 Å². The highest BCUT2D eigenvalue weighted by Crippen LogP contribution is 2.32. The Kier molecular flexibility index (Phi) is 8.57. The van der Waals surface area contributed by atoms with E-state index in [1.807, 2.05) is 73.3 Å². The molecule has 1 aliphatic rings. The molecule has 0 fully saturated rings.